The van der Waals surface area contributed by atoms with Crippen LogP contribution in [0.4, 0.5) is 0 Å². The normalized spacial score (nSPS) is 15.5. The number of aryl methyl sites for hydroxylation is 1. The van der Waals surface area contributed by atoms with Crippen LogP contribution in [0.3, 0.4) is 0 Å². The monoisotopic (exact) mass is 372 g/mol. The maximum Gasteiger partial charge on any atom is 0.0494 e. The van der Waals surface area contributed by atoms with E-state index in [0.29, 0.717) is 0 Å². The van der Waals surface area contributed by atoms with Crippen molar-refractivity contribution in [2.75, 3.05) is 13.2 Å². The first kappa shape index (κ1) is 22.5. The maximum absolute atomic E-state index is 5.90. The van der Waals surface area contributed by atoms with Gasteiger partial charge in [0.15, 0.2) is 0 Å². The molecule has 0 bridgehead atoms. The van der Waals surface area contributed by atoms with Crippen LogP contribution >= 0.6 is 0 Å². The lowest BCUT2D eigenvalue weighted by Gasteiger charge is -2.21. The SMILES string of the molecule is CCC(CC)c1ccc(CCCCCCCCOCC2CCCCC2)cc1. The summed E-state index contributed by atoms with van der Waals surface area (Å²) in [5.41, 5.74) is 3.04. The van der Waals surface area contributed by atoms with Crippen LogP contribution in [0.5, 0.6) is 0 Å². The van der Waals surface area contributed by atoms with Gasteiger partial charge in [-0.05, 0) is 67.9 Å². The Hall–Kier alpha value is -0.820. The van der Waals surface area contributed by atoms with Gasteiger partial charge in [0, 0.05) is 13.2 Å². The summed E-state index contributed by atoms with van der Waals surface area (Å²) < 4.78 is 5.90. The summed E-state index contributed by atoms with van der Waals surface area (Å²) in [5, 5.41) is 0. The van der Waals surface area contributed by atoms with Crippen molar-refractivity contribution in [1.29, 1.82) is 0 Å². The summed E-state index contributed by atoms with van der Waals surface area (Å²) in [5.74, 6) is 1.60. The van der Waals surface area contributed by atoms with Crippen molar-refractivity contribution in [1.82, 2.24) is 0 Å². The fourth-order valence-corrected chi connectivity index (χ4v) is 4.56. The van der Waals surface area contributed by atoms with Crippen molar-refractivity contribution >= 4 is 0 Å². The molecule has 154 valence electrons. The van der Waals surface area contributed by atoms with Crippen molar-refractivity contribution in [3.8, 4) is 0 Å². The van der Waals surface area contributed by atoms with Gasteiger partial charge >= 0.3 is 0 Å². The maximum atomic E-state index is 5.90. The Bertz CT molecular complexity index is 454. The zero-order chi connectivity index (χ0) is 19.2. The van der Waals surface area contributed by atoms with Gasteiger partial charge in [0.25, 0.3) is 0 Å². The topological polar surface area (TPSA) is 9.23 Å². The average Bonchev–Trinajstić information content (AvgIpc) is 2.72. The smallest absolute Gasteiger partial charge is 0.0494 e. The van der Waals surface area contributed by atoms with Gasteiger partial charge in [0.1, 0.15) is 0 Å². The van der Waals surface area contributed by atoms with Crippen molar-refractivity contribution in [2.45, 2.75) is 110 Å². The molecule has 0 amide bonds. The van der Waals surface area contributed by atoms with E-state index in [9.17, 15) is 0 Å². The van der Waals surface area contributed by atoms with E-state index < -0.39 is 0 Å². The van der Waals surface area contributed by atoms with Crippen LogP contribution in [-0.2, 0) is 11.2 Å². The molecule has 1 saturated carbocycles. The van der Waals surface area contributed by atoms with Crippen molar-refractivity contribution < 1.29 is 4.74 Å². The minimum atomic E-state index is 0.741. The lowest BCUT2D eigenvalue weighted by Crippen LogP contribution is -2.13. The Balaban J connectivity index is 1.42. The molecule has 1 fully saturated rings. The standard InChI is InChI=1S/C26H44O/c1-3-25(4-2)26-19-17-23(18-20-26)14-10-7-5-6-8-13-21-27-22-24-15-11-9-12-16-24/h17-20,24-25H,3-16,21-22H2,1-2H3. The number of unbranched alkanes of at least 4 members (excludes halogenated alkanes) is 5. The van der Waals surface area contributed by atoms with E-state index in [0.717, 1.165) is 25.0 Å². The molecule has 1 heteroatoms. The molecule has 0 saturated heterocycles. The fraction of sp³-hybridized carbons (Fsp3) is 0.769. The number of benzene rings is 1. The molecule has 1 aliphatic carbocycles. The highest BCUT2D eigenvalue weighted by Gasteiger charge is 2.12. The summed E-state index contributed by atoms with van der Waals surface area (Å²) in [6, 6.07) is 9.44. The van der Waals surface area contributed by atoms with Gasteiger partial charge in [-0.25, -0.2) is 0 Å². The minimum absolute atomic E-state index is 0.741. The summed E-state index contributed by atoms with van der Waals surface area (Å²) in [7, 11) is 0. The zero-order valence-electron chi connectivity index (χ0n) is 18.2. The molecule has 1 nitrogen and oxygen atoms in total. The lowest BCUT2D eigenvalue weighted by molar-refractivity contribution is 0.0824. The molecule has 0 atom stereocenters. The first-order valence-corrected chi connectivity index (χ1v) is 12.0. The van der Waals surface area contributed by atoms with Crippen molar-refractivity contribution in [2.24, 2.45) is 5.92 Å². The van der Waals surface area contributed by atoms with Crippen LogP contribution in [0, 0.1) is 5.92 Å². The Morgan fingerprint density at radius 2 is 1.44 bits per heavy atom. The molecule has 0 aromatic heterocycles. The van der Waals surface area contributed by atoms with Gasteiger partial charge in [-0.3, -0.25) is 0 Å². The van der Waals surface area contributed by atoms with Gasteiger partial charge in [0.05, 0.1) is 0 Å². The average molecular weight is 373 g/mol. The third-order valence-corrected chi connectivity index (χ3v) is 6.52. The van der Waals surface area contributed by atoms with Crippen molar-refractivity contribution in [3.05, 3.63) is 35.4 Å². The molecule has 0 unspecified atom stereocenters. The number of ether oxygens (including phenoxy) is 1. The molecule has 27 heavy (non-hydrogen) atoms. The van der Waals surface area contributed by atoms with Gasteiger partial charge in [-0.15, -0.1) is 0 Å². The van der Waals surface area contributed by atoms with E-state index in [1.165, 1.54) is 101 Å². The van der Waals surface area contributed by atoms with Crippen molar-refractivity contribution in [3.63, 3.8) is 0 Å². The van der Waals surface area contributed by atoms with Crippen LogP contribution in [0.15, 0.2) is 24.3 Å². The van der Waals surface area contributed by atoms with Crippen LogP contribution in [0.25, 0.3) is 0 Å². The molecular weight excluding hydrogens is 328 g/mol. The molecule has 1 aliphatic rings. The Morgan fingerprint density at radius 1 is 0.815 bits per heavy atom. The molecule has 2 rings (SSSR count). The van der Waals surface area contributed by atoms with Gasteiger partial charge in [0.2, 0.25) is 0 Å². The van der Waals surface area contributed by atoms with Crippen LogP contribution < -0.4 is 0 Å². The van der Waals surface area contributed by atoms with E-state index >= 15 is 0 Å². The third kappa shape index (κ3) is 9.28. The first-order chi connectivity index (χ1) is 13.3. The van der Waals surface area contributed by atoms with Gasteiger partial charge in [-0.1, -0.05) is 83.1 Å². The molecule has 0 spiro atoms. The summed E-state index contributed by atoms with van der Waals surface area (Å²) in [6.45, 7) is 6.60. The predicted molar refractivity (Wildman–Crippen MR) is 119 cm³/mol. The van der Waals surface area contributed by atoms with Crippen LogP contribution in [0.2, 0.25) is 0 Å². The fourth-order valence-electron chi connectivity index (χ4n) is 4.56. The Kier molecular flexibility index (Phi) is 11.8. The van der Waals surface area contributed by atoms with Gasteiger partial charge in [-0.2, -0.15) is 0 Å². The molecule has 1 aromatic rings. The lowest BCUT2D eigenvalue weighted by atomic mass is 9.90. The molecule has 0 heterocycles. The second-order valence-corrected chi connectivity index (χ2v) is 8.71. The van der Waals surface area contributed by atoms with Gasteiger partial charge < -0.3 is 4.74 Å². The van der Waals surface area contributed by atoms with E-state index in [-0.39, 0.29) is 0 Å². The number of hydrogen-bond acceptors (Lipinski definition) is 1. The number of hydrogen-bond donors (Lipinski definition) is 0. The second-order valence-electron chi connectivity index (χ2n) is 8.71. The van der Waals surface area contributed by atoms with E-state index in [1.807, 2.05) is 0 Å². The van der Waals surface area contributed by atoms with Crippen LogP contribution in [-0.4, -0.2) is 13.2 Å². The van der Waals surface area contributed by atoms with E-state index in [4.69, 9.17) is 4.74 Å². The zero-order valence-corrected chi connectivity index (χ0v) is 18.2. The quantitative estimate of drug-likeness (QED) is 0.300. The second kappa shape index (κ2) is 14.2. The molecule has 1 aromatic carbocycles. The Morgan fingerprint density at radius 3 is 2.11 bits per heavy atom. The predicted octanol–water partition coefficient (Wildman–Crippen LogP) is 8.07. The summed E-state index contributed by atoms with van der Waals surface area (Å²) in [6.07, 6.45) is 18.9. The third-order valence-electron chi connectivity index (χ3n) is 6.52. The summed E-state index contributed by atoms with van der Waals surface area (Å²) >= 11 is 0. The van der Waals surface area contributed by atoms with Crippen LogP contribution in [0.1, 0.15) is 114 Å². The highest BCUT2D eigenvalue weighted by atomic mass is 16.5. The highest BCUT2D eigenvalue weighted by Crippen LogP contribution is 2.24. The largest absolute Gasteiger partial charge is 0.381 e. The molecular formula is C26H44O. The number of rotatable bonds is 14. The molecule has 0 N–H and O–H groups in total. The molecule has 0 radical (unpaired) electrons. The first-order valence-electron chi connectivity index (χ1n) is 12.0. The summed E-state index contributed by atoms with van der Waals surface area (Å²) in [4.78, 5) is 0. The minimum Gasteiger partial charge on any atom is -0.381 e. The Labute approximate surface area is 169 Å². The molecule has 0 aliphatic heterocycles. The highest BCUT2D eigenvalue weighted by molar-refractivity contribution is 5.25. The van der Waals surface area contributed by atoms with E-state index in [2.05, 4.69) is 38.1 Å². The van der Waals surface area contributed by atoms with E-state index in [1.54, 1.807) is 0 Å².